The summed E-state index contributed by atoms with van der Waals surface area (Å²) in [7, 11) is -1.93. The van der Waals surface area contributed by atoms with Crippen LogP contribution in [0.3, 0.4) is 0 Å². The summed E-state index contributed by atoms with van der Waals surface area (Å²) in [6, 6.07) is 6.91. The van der Waals surface area contributed by atoms with Gasteiger partial charge in [0.1, 0.15) is 0 Å². The van der Waals surface area contributed by atoms with Crippen LogP contribution in [-0.4, -0.2) is 46.9 Å². The molecule has 0 unspecified atom stereocenters. The van der Waals surface area contributed by atoms with Gasteiger partial charge in [-0.1, -0.05) is 41.9 Å². The van der Waals surface area contributed by atoms with E-state index in [1.54, 1.807) is 24.3 Å². The fourth-order valence-corrected chi connectivity index (χ4v) is 3.48. The van der Waals surface area contributed by atoms with Crippen molar-refractivity contribution in [2.24, 2.45) is 0 Å². The van der Waals surface area contributed by atoms with Crippen molar-refractivity contribution in [1.82, 2.24) is 24.9 Å². The molecule has 0 amide bonds. The fourth-order valence-electron chi connectivity index (χ4n) is 1.88. The molecule has 0 aliphatic rings. The van der Waals surface area contributed by atoms with Crippen molar-refractivity contribution in [2.45, 2.75) is 18.6 Å². The maximum Gasteiger partial charge on any atom is 0.218 e. The van der Waals surface area contributed by atoms with Gasteiger partial charge in [-0.15, -0.1) is 10.2 Å². The Hall–Kier alpha value is -1.51. The molecule has 21 heavy (non-hydrogen) atoms. The molecule has 2 aromatic rings. The number of hydrogen-bond donors (Lipinski definition) is 1. The van der Waals surface area contributed by atoms with E-state index in [-0.39, 0.29) is 18.2 Å². The summed E-state index contributed by atoms with van der Waals surface area (Å²) in [5.74, 6) is 0.187. The highest BCUT2D eigenvalue weighted by atomic mass is 35.5. The van der Waals surface area contributed by atoms with Crippen molar-refractivity contribution in [1.29, 1.82) is 0 Å². The van der Waals surface area contributed by atoms with Gasteiger partial charge in [0, 0.05) is 24.5 Å². The van der Waals surface area contributed by atoms with Crippen LogP contribution < -0.4 is 0 Å². The van der Waals surface area contributed by atoms with Crippen LogP contribution in [-0.2, 0) is 15.8 Å². The number of tetrazole rings is 1. The summed E-state index contributed by atoms with van der Waals surface area (Å²) in [5, 5.41) is 14.0. The molecule has 0 saturated heterocycles. The Morgan fingerprint density at radius 3 is 2.71 bits per heavy atom. The highest BCUT2D eigenvalue weighted by molar-refractivity contribution is 7.88. The lowest BCUT2D eigenvalue weighted by molar-refractivity contribution is 0.439. The lowest BCUT2D eigenvalue weighted by Crippen LogP contribution is -2.31. The van der Waals surface area contributed by atoms with Crippen LogP contribution in [0, 0.1) is 0 Å². The number of aromatic nitrogens is 4. The third-order valence-corrected chi connectivity index (χ3v) is 5.25. The predicted octanol–water partition coefficient (Wildman–Crippen LogP) is 1.42. The molecule has 1 aromatic carbocycles. The molecule has 0 aliphatic heterocycles. The zero-order valence-electron chi connectivity index (χ0n) is 11.7. The summed E-state index contributed by atoms with van der Waals surface area (Å²) in [5.41, 5.74) is 0.582. The SMILES string of the molecule is C[C@@H](CN(C)S(=O)(=O)Cc1ccccc1Cl)c1nn[nH]n1. The van der Waals surface area contributed by atoms with Crippen LogP contribution in [0.4, 0.5) is 0 Å². The van der Waals surface area contributed by atoms with Crippen molar-refractivity contribution in [3.05, 3.63) is 40.7 Å². The molecular weight excluding hydrogens is 314 g/mol. The van der Waals surface area contributed by atoms with Crippen molar-refractivity contribution in [2.75, 3.05) is 13.6 Å². The van der Waals surface area contributed by atoms with Gasteiger partial charge in [-0.05, 0) is 11.6 Å². The maximum atomic E-state index is 12.4. The minimum Gasteiger partial charge on any atom is -0.212 e. The van der Waals surface area contributed by atoms with E-state index in [2.05, 4.69) is 20.6 Å². The highest BCUT2D eigenvalue weighted by Crippen LogP contribution is 2.20. The Morgan fingerprint density at radius 1 is 1.38 bits per heavy atom. The standard InChI is InChI=1S/C12H16ClN5O2S/c1-9(12-14-16-17-15-12)7-18(2)21(19,20)8-10-5-3-4-6-11(10)13/h3-6,9H,7-8H2,1-2H3,(H,14,15,16,17)/t9-/m0/s1. The van der Waals surface area contributed by atoms with E-state index in [0.717, 1.165) is 0 Å². The second kappa shape index (κ2) is 6.50. The average molecular weight is 330 g/mol. The first-order chi connectivity index (χ1) is 9.90. The number of hydrogen-bond acceptors (Lipinski definition) is 5. The number of aromatic amines is 1. The summed E-state index contributed by atoms with van der Waals surface area (Å²) < 4.78 is 26.0. The third kappa shape index (κ3) is 3.99. The van der Waals surface area contributed by atoms with Crippen molar-refractivity contribution >= 4 is 21.6 Å². The van der Waals surface area contributed by atoms with Gasteiger partial charge in [0.25, 0.3) is 0 Å². The van der Waals surface area contributed by atoms with Crippen molar-refractivity contribution < 1.29 is 8.42 Å². The molecule has 1 atom stereocenters. The Bertz CT molecular complexity index is 689. The molecule has 0 fully saturated rings. The van der Waals surface area contributed by atoms with Crippen molar-refractivity contribution in [3.63, 3.8) is 0 Å². The Morgan fingerprint density at radius 2 is 2.10 bits per heavy atom. The number of sulfonamides is 1. The molecule has 114 valence electrons. The number of benzene rings is 1. The van der Waals surface area contributed by atoms with E-state index in [4.69, 9.17) is 11.6 Å². The Labute approximate surface area is 128 Å². The largest absolute Gasteiger partial charge is 0.218 e. The number of rotatable bonds is 6. The minimum atomic E-state index is -3.46. The van der Waals surface area contributed by atoms with Crippen LogP contribution >= 0.6 is 11.6 Å². The zero-order valence-corrected chi connectivity index (χ0v) is 13.3. The monoisotopic (exact) mass is 329 g/mol. The first-order valence-electron chi connectivity index (χ1n) is 6.31. The number of likely N-dealkylation sites (N-methyl/N-ethyl adjacent to an activating group) is 1. The maximum absolute atomic E-state index is 12.4. The summed E-state index contributed by atoms with van der Waals surface area (Å²) in [6.07, 6.45) is 0. The zero-order chi connectivity index (χ0) is 15.5. The normalized spacial score (nSPS) is 13.5. The van der Waals surface area contributed by atoms with Gasteiger partial charge in [-0.2, -0.15) is 5.21 Å². The molecule has 0 saturated carbocycles. The van der Waals surface area contributed by atoms with E-state index in [9.17, 15) is 8.42 Å². The lowest BCUT2D eigenvalue weighted by atomic mass is 10.2. The van der Waals surface area contributed by atoms with Gasteiger partial charge in [-0.25, -0.2) is 12.7 Å². The van der Waals surface area contributed by atoms with Gasteiger partial charge < -0.3 is 0 Å². The molecule has 0 aliphatic carbocycles. The number of nitrogens with one attached hydrogen (secondary N) is 1. The van der Waals surface area contributed by atoms with Gasteiger partial charge in [0.2, 0.25) is 10.0 Å². The molecule has 0 spiro atoms. The number of halogens is 1. The second-order valence-electron chi connectivity index (χ2n) is 4.80. The van der Waals surface area contributed by atoms with Crippen LogP contribution in [0.25, 0.3) is 0 Å². The van der Waals surface area contributed by atoms with Crippen molar-refractivity contribution in [3.8, 4) is 0 Å². The topological polar surface area (TPSA) is 91.8 Å². The predicted molar refractivity (Wildman–Crippen MR) is 79.3 cm³/mol. The molecule has 1 N–H and O–H groups in total. The molecule has 9 heteroatoms. The first kappa shape index (κ1) is 15.9. The van der Waals surface area contributed by atoms with Gasteiger partial charge >= 0.3 is 0 Å². The quantitative estimate of drug-likeness (QED) is 0.865. The third-order valence-electron chi connectivity index (χ3n) is 3.10. The molecule has 0 bridgehead atoms. The van der Waals surface area contributed by atoms with E-state index in [0.29, 0.717) is 16.4 Å². The molecule has 7 nitrogen and oxygen atoms in total. The van der Waals surface area contributed by atoms with E-state index >= 15 is 0 Å². The lowest BCUT2D eigenvalue weighted by Gasteiger charge is -2.20. The smallest absolute Gasteiger partial charge is 0.212 e. The second-order valence-corrected chi connectivity index (χ2v) is 7.28. The minimum absolute atomic E-state index is 0.137. The molecular formula is C12H16ClN5O2S. The Balaban J connectivity index is 2.07. The summed E-state index contributed by atoms with van der Waals surface area (Å²) in [6.45, 7) is 2.11. The molecule has 2 rings (SSSR count). The summed E-state index contributed by atoms with van der Waals surface area (Å²) >= 11 is 6.01. The van der Waals surface area contributed by atoms with Gasteiger partial charge in [0.05, 0.1) is 5.75 Å². The Kier molecular flexibility index (Phi) is 4.92. The summed E-state index contributed by atoms with van der Waals surface area (Å²) in [4.78, 5) is 0. The molecule has 0 radical (unpaired) electrons. The highest BCUT2D eigenvalue weighted by Gasteiger charge is 2.23. The van der Waals surface area contributed by atoms with Crippen LogP contribution in [0.5, 0.6) is 0 Å². The van der Waals surface area contributed by atoms with Crippen LogP contribution in [0.2, 0.25) is 5.02 Å². The van der Waals surface area contributed by atoms with Gasteiger partial charge in [0.15, 0.2) is 5.82 Å². The average Bonchev–Trinajstić information content (AvgIpc) is 2.95. The molecule has 1 heterocycles. The number of H-pyrrole nitrogens is 1. The van der Waals surface area contributed by atoms with E-state index in [1.807, 2.05) is 6.92 Å². The van der Waals surface area contributed by atoms with E-state index in [1.165, 1.54) is 11.4 Å². The van der Waals surface area contributed by atoms with Crippen LogP contribution in [0.15, 0.2) is 24.3 Å². The molecule has 1 aromatic heterocycles. The van der Waals surface area contributed by atoms with Crippen LogP contribution in [0.1, 0.15) is 24.2 Å². The fraction of sp³-hybridized carbons (Fsp3) is 0.417. The number of nitrogens with zero attached hydrogens (tertiary/aromatic N) is 4. The van der Waals surface area contributed by atoms with Gasteiger partial charge in [-0.3, -0.25) is 0 Å². The van der Waals surface area contributed by atoms with E-state index < -0.39 is 10.0 Å². The first-order valence-corrected chi connectivity index (χ1v) is 8.29.